The van der Waals surface area contributed by atoms with Gasteiger partial charge < -0.3 is 13.6 Å². The smallest absolute Gasteiger partial charge is 0.238 e. The standard InChI is InChI=1S/C46H30N4.C45H26N4S2.C44H27N3O/c1-4-15-31(16-5-1)40-29-41(32-17-6-2-7-18-32)48-46(47-40)33-19-14-22-35(27-33)50-43-26-13-11-24-37(43)39-28-38-36-23-10-12-25-42(36)49(44(38)30-45(39)50)34-20-8-3-9-21-34;1-3-12-27(13-4-1)43-46-44(28-14-5-2-6-15-28)48-45(47-43)49-36-24-22-29(30-18-11-19-33-31-16-7-9-20-38(31)50-41(30)33)26-35(36)40-37(49)25-23-34-32-17-8-10-21-39(32)51-42(34)40;1-3-11-28(12-4-1)30-19-21-31(22-20-30)42-35-16-7-9-17-37(35)45-44(46-42)47-38-26-25-34-33-15-8-10-18-40(33)48-43(34)41(38)36-24-23-32(27-39(36)47)29-13-5-2-6-14-29/h1-30H;1-26H;1-27H. The molecule has 10 heterocycles. The largest absolute Gasteiger partial charge is 0.455 e. The number of rotatable bonds is 13. The van der Waals surface area contributed by atoms with E-state index in [2.05, 4.69) is 443 Å². The lowest BCUT2D eigenvalue weighted by Gasteiger charge is -2.12. The second-order valence-corrected chi connectivity index (χ2v) is 39.8. The van der Waals surface area contributed by atoms with Gasteiger partial charge in [-0.1, -0.05) is 388 Å². The summed E-state index contributed by atoms with van der Waals surface area (Å²) in [5.41, 5.74) is 29.5. The summed E-state index contributed by atoms with van der Waals surface area (Å²) in [5, 5.41) is 17.9. The molecule has 0 saturated carbocycles. The minimum Gasteiger partial charge on any atom is -0.455 e. The molecule has 0 atom stereocenters. The van der Waals surface area contributed by atoms with Crippen LogP contribution in [-0.2, 0) is 0 Å². The van der Waals surface area contributed by atoms with Crippen molar-refractivity contribution in [3.63, 3.8) is 0 Å². The number of hydrogen-bond acceptors (Lipinski definition) is 10. The number of para-hydroxylation sites is 5. The Morgan fingerprint density at radius 1 is 0.188 bits per heavy atom. The Labute approximate surface area is 862 Å². The number of nitrogens with zero attached hydrogens (tertiary/aromatic N) is 11. The highest BCUT2D eigenvalue weighted by atomic mass is 32.1. The maximum absolute atomic E-state index is 6.59. The van der Waals surface area contributed by atoms with Crippen molar-refractivity contribution >= 4 is 183 Å². The lowest BCUT2D eigenvalue weighted by Crippen LogP contribution is -2.06. The van der Waals surface area contributed by atoms with Crippen molar-refractivity contribution < 1.29 is 4.42 Å². The molecule has 12 nitrogen and oxygen atoms in total. The van der Waals surface area contributed by atoms with Crippen molar-refractivity contribution in [1.82, 2.24) is 53.2 Å². The Bertz CT molecular complexity index is 10600. The Morgan fingerprint density at radius 3 is 1.25 bits per heavy atom. The monoisotopic (exact) mass is 1940 g/mol. The van der Waals surface area contributed by atoms with Gasteiger partial charge in [-0.25, -0.2) is 24.9 Å². The van der Waals surface area contributed by atoms with Crippen LogP contribution in [-0.4, -0.2) is 53.2 Å². The second kappa shape index (κ2) is 35.8. The molecule has 0 radical (unpaired) electrons. The molecule has 0 aliphatic carbocycles. The van der Waals surface area contributed by atoms with Crippen molar-refractivity contribution in [3.05, 3.63) is 504 Å². The SMILES string of the molecule is c1ccc(-c2cc(-c3ccccc3)nc(-c3cccc(-n4c5ccccc5c5cc6c7ccccc7n(-c7ccccc7)c6cc54)c3)n2)cc1.c1ccc(-c2ccc(-c3nc(-n4c5cc(-c6ccccc6)ccc5c5c6oc7ccccc7c6ccc54)nc4ccccc34)cc2)cc1.c1ccc(-c2nc(-c3ccccc3)nc(-n3c4ccc(-c5cccc6c5sc5ccccc56)cc4c4c5sc6ccccc6c5ccc43)n2)cc1. The van der Waals surface area contributed by atoms with Gasteiger partial charge in [0.05, 0.1) is 72.1 Å². The molecule has 0 fully saturated rings. The number of benzene rings is 21. The first-order chi connectivity index (χ1) is 73.9. The predicted molar refractivity (Wildman–Crippen MR) is 621 cm³/mol. The Balaban J connectivity index is 0.000000105. The molecule has 0 aliphatic rings. The number of thiophene rings is 2. The van der Waals surface area contributed by atoms with Crippen molar-refractivity contribution in [1.29, 1.82) is 0 Å². The van der Waals surface area contributed by atoms with E-state index in [-0.39, 0.29) is 0 Å². The summed E-state index contributed by atoms with van der Waals surface area (Å²) in [5.74, 6) is 3.20. The third-order valence-electron chi connectivity index (χ3n) is 29.0. The van der Waals surface area contributed by atoms with Crippen LogP contribution >= 0.6 is 22.7 Å². The Morgan fingerprint density at radius 2 is 0.611 bits per heavy atom. The van der Waals surface area contributed by atoms with E-state index >= 15 is 0 Å². The molecule has 0 unspecified atom stereocenters. The van der Waals surface area contributed by atoms with Crippen LogP contribution in [0.5, 0.6) is 0 Å². The van der Waals surface area contributed by atoms with Crippen molar-refractivity contribution in [2.24, 2.45) is 0 Å². The summed E-state index contributed by atoms with van der Waals surface area (Å²) in [4.78, 5) is 36.2. The zero-order valence-electron chi connectivity index (χ0n) is 80.1. The van der Waals surface area contributed by atoms with Crippen LogP contribution in [0.4, 0.5) is 0 Å². The molecule has 31 aromatic rings. The lowest BCUT2D eigenvalue weighted by atomic mass is 10.00. The summed E-state index contributed by atoms with van der Waals surface area (Å²) in [6.07, 6.45) is 0. The van der Waals surface area contributed by atoms with Gasteiger partial charge in [0.15, 0.2) is 17.5 Å². The molecule has 0 amide bonds. The molecule has 149 heavy (non-hydrogen) atoms. The number of fused-ring (bicyclic) bond motifs is 24. The molecule has 696 valence electrons. The van der Waals surface area contributed by atoms with Gasteiger partial charge in [0.25, 0.3) is 0 Å². The van der Waals surface area contributed by atoms with Crippen LogP contribution in [0, 0.1) is 0 Å². The Hall–Kier alpha value is -19.5. The lowest BCUT2D eigenvalue weighted by molar-refractivity contribution is 0.673. The van der Waals surface area contributed by atoms with Gasteiger partial charge in [-0.3, -0.25) is 9.13 Å². The highest BCUT2D eigenvalue weighted by molar-refractivity contribution is 7.27. The van der Waals surface area contributed by atoms with E-state index in [1.165, 1.54) is 106 Å². The highest BCUT2D eigenvalue weighted by Gasteiger charge is 2.28. The zero-order chi connectivity index (χ0) is 98.1. The fourth-order valence-electron chi connectivity index (χ4n) is 22.1. The Kier molecular flexibility index (Phi) is 20.7. The molecule has 31 rings (SSSR count). The van der Waals surface area contributed by atoms with Crippen LogP contribution in [0.1, 0.15) is 0 Å². The quantitative estimate of drug-likeness (QED) is 0.112. The highest BCUT2D eigenvalue weighted by Crippen LogP contribution is 2.50. The topological polar surface area (TPSA) is 123 Å². The van der Waals surface area contributed by atoms with Gasteiger partial charge in [0.1, 0.15) is 11.2 Å². The molecule has 0 saturated heterocycles. The van der Waals surface area contributed by atoms with E-state index in [0.29, 0.717) is 29.4 Å². The molecule has 0 bridgehead atoms. The van der Waals surface area contributed by atoms with E-state index < -0.39 is 0 Å². The van der Waals surface area contributed by atoms with Gasteiger partial charge in [-0.05, 0) is 149 Å². The van der Waals surface area contributed by atoms with E-state index in [4.69, 9.17) is 39.3 Å². The molecular weight excluding hydrogens is 1860 g/mol. The van der Waals surface area contributed by atoms with Crippen LogP contribution in [0.15, 0.2) is 508 Å². The fraction of sp³-hybridized carbons (Fsp3) is 0. The van der Waals surface area contributed by atoms with E-state index in [0.717, 1.165) is 150 Å². The van der Waals surface area contributed by atoms with Gasteiger partial charge in [0, 0.05) is 139 Å². The van der Waals surface area contributed by atoms with Crippen molar-refractivity contribution in [2.45, 2.75) is 0 Å². The maximum Gasteiger partial charge on any atom is 0.238 e. The summed E-state index contributed by atoms with van der Waals surface area (Å²) in [6.45, 7) is 0. The third-order valence-corrected chi connectivity index (χ3v) is 31.4. The molecule has 10 aromatic heterocycles. The van der Waals surface area contributed by atoms with E-state index in [1.54, 1.807) is 0 Å². The van der Waals surface area contributed by atoms with Crippen LogP contribution < -0.4 is 0 Å². The van der Waals surface area contributed by atoms with Crippen molar-refractivity contribution in [3.8, 4) is 125 Å². The summed E-state index contributed by atoms with van der Waals surface area (Å²) < 4.78 is 21.0. The van der Waals surface area contributed by atoms with Gasteiger partial charge >= 0.3 is 0 Å². The fourth-order valence-corrected chi connectivity index (χ4v) is 24.6. The number of aromatic nitrogens is 11. The average Bonchev–Trinajstić information content (AvgIpc) is 1.56. The van der Waals surface area contributed by atoms with Crippen molar-refractivity contribution in [2.75, 3.05) is 0 Å². The second-order valence-electron chi connectivity index (χ2n) is 37.7. The first kappa shape index (κ1) is 86.2. The first-order valence-electron chi connectivity index (χ1n) is 50.0. The van der Waals surface area contributed by atoms with Crippen LogP contribution in [0.3, 0.4) is 0 Å². The van der Waals surface area contributed by atoms with Gasteiger partial charge in [0.2, 0.25) is 11.9 Å². The molecule has 21 aromatic carbocycles. The van der Waals surface area contributed by atoms with E-state index in [9.17, 15) is 0 Å². The van der Waals surface area contributed by atoms with Gasteiger partial charge in [-0.2, -0.15) is 9.97 Å². The van der Waals surface area contributed by atoms with E-state index in [1.807, 2.05) is 102 Å². The normalized spacial score (nSPS) is 11.8. The van der Waals surface area contributed by atoms with Crippen LogP contribution in [0.2, 0.25) is 0 Å². The zero-order valence-corrected chi connectivity index (χ0v) is 81.7. The third kappa shape index (κ3) is 14.8. The summed E-state index contributed by atoms with van der Waals surface area (Å²) in [7, 11) is 0. The molecule has 0 aliphatic heterocycles. The average molecular weight is 1940 g/mol. The first-order valence-corrected chi connectivity index (χ1v) is 51.7. The molecule has 0 spiro atoms. The molecular formula is C135H83N11OS2. The number of furan rings is 1. The minimum absolute atomic E-state index is 0.600. The number of hydrogen-bond donors (Lipinski definition) is 0. The minimum atomic E-state index is 0.600. The summed E-state index contributed by atoms with van der Waals surface area (Å²) in [6, 6.07) is 177. The molecule has 14 heteroatoms. The van der Waals surface area contributed by atoms with Crippen LogP contribution in [0.25, 0.3) is 285 Å². The molecule has 0 N–H and O–H groups in total. The summed E-state index contributed by atoms with van der Waals surface area (Å²) >= 11 is 3.73. The predicted octanol–water partition coefficient (Wildman–Crippen LogP) is 36.0. The van der Waals surface area contributed by atoms with Gasteiger partial charge in [-0.15, -0.1) is 22.7 Å². The maximum atomic E-state index is 6.59.